The van der Waals surface area contributed by atoms with Crippen molar-refractivity contribution in [1.82, 2.24) is 5.32 Å². The minimum Gasteiger partial charge on any atom is -0.490 e. The largest absolute Gasteiger partial charge is 0.490 e. The molecule has 0 bridgehead atoms. The third-order valence-electron chi connectivity index (χ3n) is 2.89. The number of nitrogens with two attached hydrogens (primary N) is 1. The van der Waals surface area contributed by atoms with E-state index in [0.717, 1.165) is 19.2 Å². The molecule has 1 heterocycles. The fourth-order valence-electron chi connectivity index (χ4n) is 1.96. The fourth-order valence-corrected chi connectivity index (χ4v) is 1.96. The fraction of sp³-hybridized carbons (Fsp3) is 0.500. The third kappa shape index (κ3) is 3.07. The lowest BCUT2D eigenvalue weighted by molar-refractivity contribution is -0.139. The van der Waals surface area contributed by atoms with Gasteiger partial charge in [-0.1, -0.05) is 0 Å². The maximum atomic E-state index is 12.8. The van der Waals surface area contributed by atoms with Gasteiger partial charge >= 0.3 is 6.18 Å². The summed E-state index contributed by atoms with van der Waals surface area (Å²) < 4.78 is 44.0. The summed E-state index contributed by atoms with van der Waals surface area (Å²) in [5.41, 5.74) is 4.67. The second-order valence-electron chi connectivity index (χ2n) is 4.32. The van der Waals surface area contributed by atoms with Crippen molar-refractivity contribution in [1.29, 1.82) is 0 Å². The number of piperidine rings is 1. The van der Waals surface area contributed by atoms with E-state index in [0.29, 0.717) is 12.8 Å². The summed E-state index contributed by atoms with van der Waals surface area (Å²) in [7, 11) is 0. The Hall–Kier alpha value is -1.43. The summed E-state index contributed by atoms with van der Waals surface area (Å²) in [6.45, 7) is 1.53. The Kier molecular flexibility index (Phi) is 3.65. The normalized spacial score (nSPS) is 17.7. The summed E-state index contributed by atoms with van der Waals surface area (Å²) in [5, 5.41) is 3.13. The van der Waals surface area contributed by atoms with Gasteiger partial charge in [-0.3, -0.25) is 0 Å². The van der Waals surface area contributed by atoms with Gasteiger partial charge < -0.3 is 15.8 Å². The van der Waals surface area contributed by atoms with Crippen LogP contribution in [0.1, 0.15) is 18.4 Å². The Balaban J connectivity index is 2.21. The second kappa shape index (κ2) is 5.06. The lowest BCUT2D eigenvalue weighted by Crippen LogP contribution is -2.34. The first-order chi connectivity index (χ1) is 8.47. The third-order valence-corrected chi connectivity index (χ3v) is 2.89. The van der Waals surface area contributed by atoms with Crippen molar-refractivity contribution < 1.29 is 17.9 Å². The van der Waals surface area contributed by atoms with Crippen LogP contribution < -0.4 is 15.8 Å². The van der Waals surface area contributed by atoms with Gasteiger partial charge in [-0.15, -0.1) is 0 Å². The van der Waals surface area contributed by atoms with Crippen LogP contribution in [0.5, 0.6) is 5.75 Å². The van der Waals surface area contributed by atoms with Gasteiger partial charge in [-0.25, -0.2) is 0 Å². The monoisotopic (exact) mass is 260 g/mol. The van der Waals surface area contributed by atoms with Crippen molar-refractivity contribution in [2.24, 2.45) is 0 Å². The zero-order valence-corrected chi connectivity index (χ0v) is 9.76. The molecule has 1 saturated heterocycles. The number of nitrogens with one attached hydrogen (secondary N) is 1. The first kappa shape index (κ1) is 13.0. The maximum Gasteiger partial charge on any atom is 0.420 e. The number of ether oxygens (including phenoxy) is 1. The molecule has 1 aliphatic heterocycles. The molecule has 3 nitrogen and oxygen atoms in total. The highest BCUT2D eigenvalue weighted by atomic mass is 19.4. The Morgan fingerprint density at radius 1 is 1.22 bits per heavy atom. The van der Waals surface area contributed by atoms with Gasteiger partial charge in [0.2, 0.25) is 0 Å². The zero-order chi connectivity index (χ0) is 13.2. The molecule has 0 amide bonds. The van der Waals surface area contributed by atoms with E-state index >= 15 is 0 Å². The summed E-state index contributed by atoms with van der Waals surface area (Å²) in [4.78, 5) is 0. The van der Waals surface area contributed by atoms with Crippen molar-refractivity contribution >= 4 is 5.69 Å². The van der Waals surface area contributed by atoms with Crippen LogP contribution in [-0.4, -0.2) is 19.2 Å². The van der Waals surface area contributed by atoms with E-state index in [-0.39, 0.29) is 17.5 Å². The summed E-state index contributed by atoms with van der Waals surface area (Å²) in [5.74, 6) is -0.136. The molecule has 18 heavy (non-hydrogen) atoms. The Bertz CT molecular complexity index is 414. The minimum absolute atomic E-state index is 0.0833. The summed E-state index contributed by atoms with van der Waals surface area (Å²) in [6, 6.07) is 3.63. The van der Waals surface area contributed by atoms with Crippen LogP contribution in [0.25, 0.3) is 0 Å². The van der Waals surface area contributed by atoms with Crippen LogP contribution in [0.2, 0.25) is 0 Å². The number of alkyl halides is 3. The Morgan fingerprint density at radius 3 is 2.50 bits per heavy atom. The number of hydrogen-bond donors (Lipinski definition) is 2. The molecular formula is C12H15F3N2O. The lowest BCUT2D eigenvalue weighted by Gasteiger charge is -2.25. The molecule has 1 fully saturated rings. The molecule has 1 aliphatic rings. The van der Waals surface area contributed by atoms with Gasteiger partial charge in [0, 0.05) is 5.69 Å². The van der Waals surface area contributed by atoms with E-state index in [4.69, 9.17) is 10.5 Å². The van der Waals surface area contributed by atoms with Crippen LogP contribution in [-0.2, 0) is 6.18 Å². The number of anilines is 1. The highest BCUT2D eigenvalue weighted by Gasteiger charge is 2.35. The van der Waals surface area contributed by atoms with E-state index in [1.807, 2.05) is 0 Å². The molecule has 0 unspecified atom stereocenters. The van der Waals surface area contributed by atoms with Gasteiger partial charge in [0.05, 0.1) is 5.56 Å². The zero-order valence-electron chi connectivity index (χ0n) is 9.76. The van der Waals surface area contributed by atoms with Crippen LogP contribution in [0.15, 0.2) is 18.2 Å². The van der Waals surface area contributed by atoms with E-state index in [1.54, 1.807) is 0 Å². The summed E-state index contributed by atoms with van der Waals surface area (Å²) in [6.07, 6.45) is -3.20. The van der Waals surface area contributed by atoms with E-state index in [1.165, 1.54) is 12.1 Å². The second-order valence-corrected chi connectivity index (χ2v) is 4.32. The molecule has 0 aliphatic carbocycles. The van der Waals surface area contributed by atoms with Crippen LogP contribution in [0, 0.1) is 0 Å². The van der Waals surface area contributed by atoms with Gasteiger partial charge in [0.15, 0.2) is 0 Å². The summed E-state index contributed by atoms with van der Waals surface area (Å²) >= 11 is 0. The van der Waals surface area contributed by atoms with Crippen molar-refractivity contribution in [3.63, 3.8) is 0 Å². The minimum atomic E-state index is -4.45. The van der Waals surface area contributed by atoms with Gasteiger partial charge in [-0.2, -0.15) is 13.2 Å². The standard InChI is InChI=1S/C12H15F3N2O/c13-12(14,15)10-7-8(16)1-2-11(10)18-9-3-5-17-6-4-9/h1-2,7,9,17H,3-6,16H2. The molecule has 3 N–H and O–H groups in total. The number of hydrogen-bond acceptors (Lipinski definition) is 3. The average Bonchev–Trinajstić information content (AvgIpc) is 2.31. The van der Waals surface area contributed by atoms with Crippen LogP contribution in [0.3, 0.4) is 0 Å². The molecular weight excluding hydrogens is 245 g/mol. The molecule has 6 heteroatoms. The van der Waals surface area contributed by atoms with Crippen molar-refractivity contribution in [2.75, 3.05) is 18.8 Å². The van der Waals surface area contributed by atoms with Crippen molar-refractivity contribution in [3.8, 4) is 5.75 Å². The Labute approximate surface area is 103 Å². The number of benzene rings is 1. The van der Waals surface area contributed by atoms with Crippen molar-refractivity contribution in [2.45, 2.75) is 25.1 Å². The van der Waals surface area contributed by atoms with E-state index < -0.39 is 11.7 Å². The number of rotatable bonds is 2. The van der Waals surface area contributed by atoms with Crippen LogP contribution >= 0.6 is 0 Å². The molecule has 1 aromatic rings. The number of halogens is 3. The Morgan fingerprint density at radius 2 is 1.89 bits per heavy atom. The average molecular weight is 260 g/mol. The first-order valence-electron chi connectivity index (χ1n) is 5.81. The molecule has 100 valence electrons. The molecule has 0 aromatic heterocycles. The first-order valence-corrected chi connectivity index (χ1v) is 5.81. The van der Waals surface area contributed by atoms with Crippen molar-refractivity contribution in [3.05, 3.63) is 23.8 Å². The maximum absolute atomic E-state index is 12.8. The quantitative estimate of drug-likeness (QED) is 0.803. The molecule has 2 rings (SSSR count). The van der Waals surface area contributed by atoms with E-state index in [2.05, 4.69) is 5.32 Å². The highest BCUT2D eigenvalue weighted by Crippen LogP contribution is 2.38. The molecule has 0 radical (unpaired) electrons. The van der Waals surface area contributed by atoms with Crippen LogP contribution in [0.4, 0.5) is 18.9 Å². The van der Waals surface area contributed by atoms with E-state index in [9.17, 15) is 13.2 Å². The highest BCUT2D eigenvalue weighted by molar-refractivity contribution is 5.49. The number of nitrogen functional groups attached to an aromatic ring is 1. The van der Waals surface area contributed by atoms with Gasteiger partial charge in [-0.05, 0) is 44.1 Å². The molecule has 0 spiro atoms. The smallest absolute Gasteiger partial charge is 0.420 e. The molecule has 0 atom stereocenters. The predicted octanol–water partition coefficient (Wildman–Crippen LogP) is 2.42. The predicted molar refractivity (Wildman–Crippen MR) is 62.4 cm³/mol. The molecule has 1 aromatic carbocycles. The van der Waals surface area contributed by atoms with Gasteiger partial charge in [0.25, 0.3) is 0 Å². The molecule has 0 saturated carbocycles. The van der Waals surface area contributed by atoms with Gasteiger partial charge in [0.1, 0.15) is 11.9 Å². The topological polar surface area (TPSA) is 47.3 Å². The lowest BCUT2D eigenvalue weighted by atomic mass is 10.1. The SMILES string of the molecule is Nc1ccc(OC2CCNCC2)c(C(F)(F)F)c1.